The number of hydrogen-bond donors (Lipinski definition) is 3. The van der Waals surface area contributed by atoms with E-state index in [1.807, 2.05) is 18.2 Å². The summed E-state index contributed by atoms with van der Waals surface area (Å²) in [6.45, 7) is 4.82. The number of nitrogens with zero attached hydrogens (tertiary/aromatic N) is 2. The maximum Gasteiger partial charge on any atom is 0.155 e. The minimum Gasteiger partial charge on any atom is -0.393 e. The number of rotatable bonds is 6. The van der Waals surface area contributed by atoms with Gasteiger partial charge in [-0.3, -0.25) is 0 Å². The zero-order valence-electron chi connectivity index (χ0n) is 14.5. The molecule has 3 rings (SSSR count). The van der Waals surface area contributed by atoms with Gasteiger partial charge in [0.2, 0.25) is 0 Å². The Morgan fingerprint density at radius 3 is 2.36 bits per heavy atom. The zero-order valence-corrected chi connectivity index (χ0v) is 14.5. The second-order valence-electron chi connectivity index (χ2n) is 6.10. The highest BCUT2D eigenvalue weighted by atomic mass is 15.1. The van der Waals surface area contributed by atoms with Crippen LogP contribution in [-0.4, -0.2) is 9.97 Å². The van der Waals surface area contributed by atoms with Gasteiger partial charge < -0.3 is 16.4 Å². The summed E-state index contributed by atoms with van der Waals surface area (Å²) in [5.41, 5.74) is 10.4. The molecule has 0 aliphatic heterocycles. The van der Waals surface area contributed by atoms with Crippen molar-refractivity contribution in [2.75, 3.05) is 16.4 Å². The van der Waals surface area contributed by atoms with Crippen LogP contribution < -0.4 is 16.4 Å². The maximum absolute atomic E-state index is 6.25. The van der Waals surface area contributed by atoms with Crippen LogP contribution in [-0.2, 0) is 6.54 Å². The van der Waals surface area contributed by atoms with Crippen LogP contribution >= 0.6 is 0 Å². The number of hydrogen-bond acceptors (Lipinski definition) is 5. The van der Waals surface area contributed by atoms with Crippen molar-refractivity contribution in [3.8, 4) is 0 Å². The summed E-state index contributed by atoms with van der Waals surface area (Å²) >= 11 is 0. The second-order valence-corrected chi connectivity index (χ2v) is 6.10. The van der Waals surface area contributed by atoms with Crippen molar-refractivity contribution < 1.29 is 0 Å². The number of nitrogen functional groups attached to an aromatic ring is 1. The van der Waals surface area contributed by atoms with Crippen LogP contribution in [0.15, 0.2) is 60.9 Å². The SMILES string of the molecule is Cc1ccc(CNc2ncnc(NC(C)c3ccccc3)c2N)cc1. The molecule has 0 aliphatic rings. The van der Waals surface area contributed by atoms with Crippen molar-refractivity contribution in [3.63, 3.8) is 0 Å². The average molecular weight is 333 g/mol. The lowest BCUT2D eigenvalue weighted by Gasteiger charge is -2.17. The van der Waals surface area contributed by atoms with E-state index in [1.165, 1.54) is 23.0 Å². The molecule has 4 N–H and O–H groups in total. The molecule has 2 aromatic carbocycles. The lowest BCUT2D eigenvalue weighted by Crippen LogP contribution is -2.12. The molecule has 0 radical (unpaired) electrons. The Morgan fingerprint density at radius 1 is 0.960 bits per heavy atom. The number of nitrogens with two attached hydrogens (primary N) is 1. The molecule has 0 fully saturated rings. The van der Waals surface area contributed by atoms with E-state index in [4.69, 9.17) is 5.73 Å². The first-order valence-electron chi connectivity index (χ1n) is 8.35. The van der Waals surface area contributed by atoms with Crippen LogP contribution in [0.1, 0.15) is 29.7 Å². The van der Waals surface area contributed by atoms with Gasteiger partial charge in [-0.2, -0.15) is 0 Å². The van der Waals surface area contributed by atoms with Crippen molar-refractivity contribution in [1.82, 2.24) is 9.97 Å². The first-order valence-corrected chi connectivity index (χ1v) is 8.35. The summed E-state index contributed by atoms with van der Waals surface area (Å²) in [4.78, 5) is 8.55. The molecule has 128 valence electrons. The highest BCUT2D eigenvalue weighted by Gasteiger charge is 2.11. The van der Waals surface area contributed by atoms with Crippen molar-refractivity contribution in [3.05, 3.63) is 77.6 Å². The van der Waals surface area contributed by atoms with E-state index < -0.39 is 0 Å². The highest BCUT2D eigenvalue weighted by Crippen LogP contribution is 2.26. The van der Waals surface area contributed by atoms with Gasteiger partial charge in [0.25, 0.3) is 0 Å². The van der Waals surface area contributed by atoms with E-state index in [2.05, 4.69) is 70.8 Å². The summed E-state index contributed by atoms with van der Waals surface area (Å²) in [5, 5.41) is 6.64. The number of aromatic nitrogens is 2. The van der Waals surface area contributed by atoms with Crippen molar-refractivity contribution >= 4 is 17.3 Å². The van der Waals surface area contributed by atoms with E-state index >= 15 is 0 Å². The van der Waals surface area contributed by atoms with Gasteiger partial charge in [-0.1, -0.05) is 60.2 Å². The third-order valence-electron chi connectivity index (χ3n) is 4.12. The van der Waals surface area contributed by atoms with Crippen molar-refractivity contribution in [2.24, 2.45) is 0 Å². The van der Waals surface area contributed by atoms with Crippen molar-refractivity contribution in [1.29, 1.82) is 0 Å². The quantitative estimate of drug-likeness (QED) is 0.632. The molecule has 0 saturated carbocycles. The lowest BCUT2D eigenvalue weighted by molar-refractivity contribution is 0.873. The largest absolute Gasteiger partial charge is 0.393 e. The topological polar surface area (TPSA) is 75.9 Å². The smallest absolute Gasteiger partial charge is 0.155 e. The Kier molecular flexibility index (Phi) is 5.14. The molecule has 0 saturated heterocycles. The van der Waals surface area contributed by atoms with Gasteiger partial charge in [-0.25, -0.2) is 9.97 Å². The summed E-state index contributed by atoms with van der Waals surface area (Å²) in [5.74, 6) is 1.27. The second kappa shape index (κ2) is 7.66. The predicted octanol–water partition coefficient (Wildman–Crippen LogP) is 4.15. The van der Waals surface area contributed by atoms with Crippen LogP contribution in [0.3, 0.4) is 0 Å². The summed E-state index contributed by atoms with van der Waals surface area (Å²) in [6, 6.07) is 18.7. The van der Waals surface area contributed by atoms with E-state index in [0.29, 0.717) is 23.9 Å². The Balaban J connectivity index is 1.70. The van der Waals surface area contributed by atoms with Crippen LogP contribution in [0.5, 0.6) is 0 Å². The summed E-state index contributed by atoms with van der Waals surface area (Å²) < 4.78 is 0. The molecule has 1 unspecified atom stereocenters. The summed E-state index contributed by atoms with van der Waals surface area (Å²) in [7, 11) is 0. The minimum absolute atomic E-state index is 0.100. The molecule has 0 amide bonds. The van der Waals surface area contributed by atoms with Gasteiger partial charge in [-0.15, -0.1) is 0 Å². The Hall–Kier alpha value is -3.08. The van der Waals surface area contributed by atoms with Crippen LogP contribution in [0, 0.1) is 6.92 Å². The molecule has 25 heavy (non-hydrogen) atoms. The summed E-state index contributed by atoms with van der Waals surface area (Å²) in [6.07, 6.45) is 1.52. The third kappa shape index (κ3) is 4.26. The van der Waals surface area contributed by atoms with Gasteiger partial charge in [0.15, 0.2) is 11.6 Å². The fraction of sp³-hybridized carbons (Fsp3) is 0.200. The molecule has 0 bridgehead atoms. The van der Waals surface area contributed by atoms with Crippen LogP contribution in [0.2, 0.25) is 0 Å². The molecule has 1 aromatic heterocycles. The Bertz CT molecular complexity index is 815. The van der Waals surface area contributed by atoms with E-state index in [9.17, 15) is 0 Å². The maximum atomic E-state index is 6.25. The number of aryl methyl sites for hydroxylation is 1. The monoisotopic (exact) mass is 333 g/mol. The van der Waals surface area contributed by atoms with Gasteiger partial charge in [0.05, 0.1) is 6.04 Å². The van der Waals surface area contributed by atoms with Gasteiger partial charge in [0, 0.05) is 6.54 Å². The first-order chi connectivity index (χ1) is 12.1. The van der Waals surface area contributed by atoms with Gasteiger partial charge in [-0.05, 0) is 25.0 Å². The predicted molar refractivity (Wildman–Crippen MR) is 103 cm³/mol. The highest BCUT2D eigenvalue weighted by molar-refractivity contribution is 5.74. The molecule has 0 spiro atoms. The molecular formula is C20H23N5. The molecule has 5 nitrogen and oxygen atoms in total. The molecule has 1 atom stereocenters. The number of benzene rings is 2. The normalized spacial score (nSPS) is 11.8. The van der Waals surface area contributed by atoms with Gasteiger partial charge in [0.1, 0.15) is 12.0 Å². The van der Waals surface area contributed by atoms with E-state index in [1.54, 1.807) is 0 Å². The number of anilines is 3. The van der Waals surface area contributed by atoms with E-state index in [0.717, 1.165) is 0 Å². The molecule has 1 heterocycles. The fourth-order valence-electron chi connectivity index (χ4n) is 2.57. The third-order valence-corrected chi connectivity index (χ3v) is 4.12. The van der Waals surface area contributed by atoms with Crippen LogP contribution in [0.4, 0.5) is 17.3 Å². The van der Waals surface area contributed by atoms with E-state index in [-0.39, 0.29) is 6.04 Å². The molecule has 0 aliphatic carbocycles. The standard InChI is InChI=1S/C20H23N5/c1-14-8-10-16(11-9-14)12-22-19-18(21)20(24-13-23-19)25-15(2)17-6-4-3-5-7-17/h3-11,13,15H,12,21H2,1-2H3,(H2,22,23,24,25). The number of nitrogens with one attached hydrogen (secondary N) is 2. The lowest BCUT2D eigenvalue weighted by atomic mass is 10.1. The molecular weight excluding hydrogens is 310 g/mol. The average Bonchev–Trinajstić information content (AvgIpc) is 2.64. The Labute approximate surface area is 148 Å². The van der Waals surface area contributed by atoms with Crippen molar-refractivity contribution in [2.45, 2.75) is 26.4 Å². The first kappa shape index (κ1) is 16.8. The fourth-order valence-corrected chi connectivity index (χ4v) is 2.57. The molecule has 3 aromatic rings. The minimum atomic E-state index is 0.100. The van der Waals surface area contributed by atoms with Crippen LogP contribution in [0.25, 0.3) is 0 Å². The Morgan fingerprint density at radius 2 is 1.64 bits per heavy atom. The molecule has 5 heteroatoms. The van der Waals surface area contributed by atoms with Gasteiger partial charge >= 0.3 is 0 Å². The zero-order chi connectivity index (χ0) is 17.6.